The first kappa shape index (κ1) is 28.5. The average Bonchev–Trinajstić information content (AvgIpc) is 2.90. The number of anilines is 1. The smallest absolute Gasteiger partial charge is 0.231 e. The summed E-state index contributed by atoms with van der Waals surface area (Å²) in [7, 11) is 0. The van der Waals surface area contributed by atoms with E-state index in [1.807, 2.05) is 30.3 Å². The summed E-state index contributed by atoms with van der Waals surface area (Å²) in [6.07, 6.45) is 9.26. The Kier molecular flexibility index (Phi) is 6.53. The van der Waals surface area contributed by atoms with Crippen LogP contribution in [0, 0.1) is 56.7 Å². The van der Waals surface area contributed by atoms with Gasteiger partial charge in [-0.25, -0.2) is 0 Å². The van der Waals surface area contributed by atoms with E-state index in [1.165, 1.54) is 0 Å². The second-order valence-electron chi connectivity index (χ2n) is 16.2. The number of hydrogen-bond donors (Lipinski definition) is 3. The zero-order valence-electron chi connectivity index (χ0n) is 26.0. The molecule has 0 heterocycles. The van der Waals surface area contributed by atoms with Crippen molar-refractivity contribution in [1.29, 1.82) is 0 Å². The molecule has 5 aliphatic carbocycles. The van der Waals surface area contributed by atoms with Crippen molar-refractivity contribution in [2.75, 3.05) is 5.32 Å². The summed E-state index contributed by atoms with van der Waals surface area (Å²) < 4.78 is 0. The SMILES string of the molecule is C[C@@H]1CC[C@]2(C(=O)Nc3ccccc3)CC[C@]3(C)C(=CCC4[C@@]5(C)C[C@@H](O)[C@H](O)C(C)(C)C5CC[C@]43C)C2[C@H]1C. The van der Waals surface area contributed by atoms with Crippen molar-refractivity contribution < 1.29 is 15.0 Å². The maximum absolute atomic E-state index is 14.3. The topological polar surface area (TPSA) is 69.6 Å². The molecule has 1 aromatic rings. The van der Waals surface area contributed by atoms with E-state index in [0.29, 0.717) is 30.1 Å². The van der Waals surface area contributed by atoms with Gasteiger partial charge in [0, 0.05) is 5.69 Å². The van der Waals surface area contributed by atoms with Gasteiger partial charge in [0.15, 0.2) is 0 Å². The molecule has 0 aliphatic heterocycles. The van der Waals surface area contributed by atoms with E-state index in [-0.39, 0.29) is 38.9 Å². The molecule has 0 aromatic heterocycles. The zero-order chi connectivity index (χ0) is 28.9. The number of hydrogen-bond acceptors (Lipinski definition) is 3. The molecule has 4 nitrogen and oxygen atoms in total. The monoisotopic (exact) mass is 547 g/mol. The highest BCUT2D eigenvalue weighted by atomic mass is 16.3. The van der Waals surface area contributed by atoms with E-state index in [4.69, 9.17) is 0 Å². The lowest BCUT2D eigenvalue weighted by Gasteiger charge is -2.71. The first-order valence-corrected chi connectivity index (χ1v) is 16.2. The fraction of sp³-hybridized carbons (Fsp3) is 0.750. The highest BCUT2D eigenvalue weighted by molar-refractivity contribution is 5.96. The molecule has 5 aliphatic rings. The molecular weight excluding hydrogens is 494 g/mol. The number of fused-ring (bicyclic) bond motifs is 7. The number of carbonyl (C=O) groups is 1. The van der Waals surface area contributed by atoms with Gasteiger partial charge in [-0.3, -0.25) is 4.79 Å². The Morgan fingerprint density at radius 1 is 0.900 bits per heavy atom. The molecule has 6 rings (SSSR count). The van der Waals surface area contributed by atoms with Crippen LogP contribution in [-0.4, -0.2) is 28.3 Å². The molecule has 0 saturated heterocycles. The highest BCUT2D eigenvalue weighted by Gasteiger charge is 2.70. The van der Waals surface area contributed by atoms with E-state index in [9.17, 15) is 15.0 Å². The fourth-order valence-corrected chi connectivity index (χ4v) is 11.8. The lowest BCUT2D eigenvalue weighted by Crippen LogP contribution is -2.67. The van der Waals surface area contributed by atoms with Crippen molar-refractivity contribution in [2.24, 2.45) is 56.7 Å². The third-order valence-electron chi connectivity index (χ3n) is 14.4. The molecule has 220 valence electrons. The average molecular weight is 548 g/mol. The molecule has 0 spiro atoms. The van der Waals surface area contributed by atoms with E-state index in [1.54, 1.807) is 5.57 Å². The van der Waals surface area contributed by atoms with Crippen molar-refractivity contribution in [3.8, 4) is 0 Å². The summed E-state index contributed by atoms with van der Waals surface area (Å²) in [5.41, 5.74) is 1.91. The van der Waals surface area contributed by atoms with Crippen LogP contribution in [0.2, 0.25) is 0 Å². The summed E-state index contributed by atoms with van der Waals surface area (Å²) in [6, 6.07) is 10.0. The number of rotatable bonds is 2. The number of aliphatic hydroxyl groups is 2. The summed E-state index contributed by atoms with van der Waals surface area (Å²) >= 11 is 0. The van der Waals surface area contributed by atoms with Crippen LogP contribution in [0.25, 0.3) is 0 Å². The molecule has 3 unspecified atom stereocenters. The number of para-hydroxylation sites is 1. The number of amides is 1. The molecule has 3 N–H and O–H groups in total. The van der Waals surface area contributed by atoms with Crippen LogP contribution >= 0.6 is 0 Å². The van der Waals surface area contributed by atoms with Crippen molar-refractivity contribution in [2.45, 2.75) is 112 Å². The number of carbonyl (C=O) groups excluding carboxylic acids is 1. The van der Waals surface area contributed by atoms with Gasteiger partial charge in [-0.2, -0.15) is 0 Å². The van der Waals surface area contributed by atoms with Crippen LogP contribution < -0.4 is 5.32 Å². The second-order valence-corrected chi connectivity index (χ2v) is 16.2. The van der Waals surface area contributed by atoms with Gasteiger partial charge >= 0.3 is 0 Å². The first-order chi connectivity index (χ1) is 18.7. The summed E-state index contributed by atoms with van der Waals surface area (Å²) in [5, 5.41) is 25.5. The third-order valence-corrected chi connectivity index (χ3v) is 14.4. The molecule has 0 radical (unpaired) electrons. The van der Waals surface area contributed by atoms with Crippen LogP contribution in [0.4, 0.5) is 5.69 Å². The minimum absolute atomic E-state index is 0.0229. The first-order valence-electron chi connectivity index (χ1n) is 16.2. The summed E-state index contributed by atoms with van der Waals surface area (Å²) in [6.45, 7) is 16.7. The van der Waals surface area contributed by atoms with Gasteiger partial charge < -0.3 is 15.5 Å². The molecular formula is C36H53NO3. The van der Waals surface area contributed by atoms with Crippen molar-refractivity contribution in [1.82, 2.24) is 0 Å². The molecule has 1 amide bonds. The number of aliphatic hydroxyl groups excluding tert-OH is 2. The molecule has 40 heavy (non-hydrogen) atoms. The summed E-state index contributed by atoms with van der Waals surface area (Å²) in [5.74, 6) is 2.38. The normalized spacial score (nSPS) is 49.4. The van der Waals surface area contributed by atoms with Gasteiger partial charge in [-0.15, -0.1) is 0 Å². The number of allylic oxidation sites excluding steroid dienone is 2. The van der Waals surface area contributed by atoms with Crippen LogP contribution in [0.15, 0.2) is 42.0 Å². The molecule has 1 aromatic carbocycles. The van der Waals surface area contributed by atoms with Crippen molar-refractivity contribution in [3.63, 3.8) is 0 Å². The van der Waals surface area contributed by atoms with Gasteiger partial charge in [-0.1, -0.05) is 78.3 Å². The summed E-state index contributed by atoms with van der Waals surface area (Å²) in [4.78, 5) is 14.3. The highest BCUT2D eigenvalue weighted by Crippen LogP contribution is 2.75. The van der Waals surface area contributed by atoms with E-state index >= 15 is 0 Å². The molecule has 11 atom stereocenters. The van der Waals surface area contributed by atoms with Gasteiger partial charge in [0.25, 0.3) is 0 Å². The predicted molar refractivity (Wildman–Crippen MR) is 161 cm³/mol. The second kappa shape index (κ2) is 9.17. The Labute approximate surface area is 242 Å². The van der Waals surface area contributed by atoms with Gasteiger partial charge in [-0.05, 0) is 115 Å². The van der Waals surface area contributed by atoms with Crippen LogP contribution in [0.1, 0.15) is 99.8 Å². The zero-order valence-corrected chi connectivity index (χ0v) is 26.0. The van der Waals surface area contributed by atoms with Crippen LogP contribution in [0.3, 0.4) is 0 Å². The fourth-order valence-electron chi connectivity index (χ4n) is 11.8. The van der Waals surface area contributed by atoms with Gasteiger partial charge in [0.1, 0.15) is 0 Å². The minimum Gasteiger partial charge on any atom is -0.390 e. The predicted octanol–water partition coefficient (Wildman–Crippen LogP) is 7.61. The maximum Gasteiger partial charge on any atom is 0.231 e. The Balaban J connectivity index is 1.42. The Morgan fingerprint density at radius 2 is 1.60 bits per heavy atom. The van der Waals surface area contributed by atoms with E-state index in [0.717, 1.165) is 50.6 Å². The Morgan fingerprint density at radius 3 is 2.30 bits per heavy atom. The molecule has 4 fully saturated rings. The maximum atomic E-state index is 14.3. The lowest BCUT2D eigenvalue weighted by molar-refractivity contribution is -0.231. The Hall–Kier alpha value is -1.65. The molecule has 4 heteroatoms. The van der Waals surface area contributed by atoms with Crippen molar-refractivity contribution >= 4 is 11.6 Å². The van der Waals surface area contributed by atoms with Crippen LogP contribution in [0.5, 0.6) is 0 Å². The largest absolute Gasteiger partial charge is 0.390 e. The quantitative estimate of drug-likeness (QED) is 0.334. The Bertz CT molecular complexity index is 1190. The minimum atomic E-state index is -0.670. The third kappa shape index (κ3) is 3.60. The van der Waals surface area contributed by atoms with Gasteiger partial charge in [0.2, 0.25) is 5.91 Å². The van der Waals surface area contributed by atoms with E-state index < -0.39 is 12.2 Å². The molecule has 4 saturated carbocycles. The van der Waals surface area contributed by atoms with Crippen molar-refractivity contribution in [3.05, 3.63) is 42.0 Å². The molecule has 0 bridgehead atoms. The lowest BCUT2D eigenvalue weighted by atomic mass is 9.33. The number of benzene rings is 1. The van der Waals surface area contributed by atoms with Crippen LogP contribution in [-0.2, 0) is 4.79 Å². The number of nitrogens with one attached hydrogen (secondary N) is 1. The van der Waals surface area contributed by atoms with Gasteiger partial charge in [0.05, 0.1) is 17.6 Å². The standard InChI is InChI=1S/C36H53NO3/c1-22-15-18-36(31(40)37-24-11-9-8-10-12-24)20-19-34(6)25(29(36)23(22)2)13-14-28-33(5)21-26(38)30(39)32(3,4)27(33)16-17-35(28,34)7/h8-13,22-23,26-30,38-39H,14-21H2,1-7H3,(H,37,40)/t22-,23+,26-,27?,28?,29?,30+,33+,34-,35-,36+/m1/s1. The van der Waals surface area contributed by atoms with E-state index in [2.05, 4.69) is 59.9 Å².